The molecule has 1 amide bonds. The first kappa shape index (κ1) is 17.0. The van der Waals surface area contributed by atoms with E-state index in [9.17, 15) is 9.18 Å². The van der Waals surface area contributed by atoms with Crippen LogP contribution in [0, 0.1) is 11.7 Å². The lowest BCUT2D eigenvalue weighted by atomic mass is 10.0. The van der Waals surface area contributed by atoms with Crippen LogP contribution < -0.4 is 4.74 Å². The van der Waals surface area contributed by atoms with E-state index in [-0.39, 0.29) is 29.4 Å². The molecule has 1 aliphatic carbocycles. The molecule has 2 aromatic rings. The molecule has 2 fully saturated rings. The third-order valence-corrected chi connectivity index (χ3v) is 5.14. The van der Waals surface area contributed by atoms with Crippen molar-refractivity contribution in [1.82, 2.24) is 4.90 Å². The predicted octanol–water partition coefficient (Wildman–Crippen LogP) is 3.83. The molecule has 0 spiro atoms. The number of hydrogen-bond acceptors (Lipinski definition) is 3. The zero-order chi connectivity index (χ0) is 18.1. The van der Waals surface area contributed by atoms with E-state index >= 15 is 0 Å². The van der Waals surface area contributed by atoms with Crippen LogP contribution in [0.2, 0.25) is 0 Å². The maximum atomic E-state index is 14.4. The van der Waals surface area contributed by atoms with Crippen molar-refractivity contribution in [2.75, 3.05) is 20.2 Å². The Labute approximate surface area is 152 Å². The minimum atomic E-state index is -0.555. The Hall–Kier alpha value is -2.40. The van der Waals surface area contributed by atoms with Crippen LogP contribution in [-0.2, 0) is 4.74 Å². The lowest BCUT2D eigenvalue weighted by Crippen LogP contribution is -2.48. The summed E-state index contributed by atoms with van der Waals surface area (Å²) in [6, 6.07) is 14.4. The molecule has 0 N–H and O–H groups in total. The van der Waals surface area contributed by atoms with Crippen molar-refractivity contribution in [3.05, 3.63) is 65.5 Å². The van der Waals surface area contributed by atoms with Gasteiger partial charge >= 0.3 is 0 Å². The Morgan fingerprint density at radius 1 is 1.12 bits per heavy atom. The molecule has 0 radical (unpaired) electrons. The minimum Gasteiger partial charge on any atom is -0.496 e. The SMILES string of the molecule is COc1cccc(F)c1C(=O)N1C[C@@H](c2ccccc2)O[C@@H](C2CC2)C1. The first-order valence-corrected chi connectivity index (χ1v) is 8.99. The van der Waals surface area contributed by atoms with Gasteiger partial charge in [0.05, 0.1) is 19.8 Å². The lowest BCUT2D eigenvalue weighted by molar-refractivity contribution is -0.0865. The fourth-order valence-electron chi connectivity index (χ4n) is 3.57. The first-order valence-electron chi connectivity index (χ1n) is 8.99. The zero-order valence-electron chi connectivity index (χ0n) is 14.7. The Kier molecular flexibility index (Phi) is 4.64. The topological polar surface area (TPSA) is 38.8 Å². The van der Waals surface area contributed by atoms with E-state index in [4.69, 9.17) is 9.47 Å². The number of benzene rings is 2. The summed E-state index contributed by atoms with van der Waals surface area (Å²) in [5.74, 6) is -0.144. The van der Waals surface area contributed by atoms with E-state index in [2.05, 4.69) is 0 Å². The molecule has 1 heterocycles. The summed E-state index contributed by atoms with van der Waals surface area (Å²) >= 11 is 0. The van der Waals surface area contributed by atoms with Gasteiger partial charge in [-0.3, -0.25) is 4.79 Å². The second kappa shape index (κ2) is 7.08. The van der Waals surface area contributed by atoms with Crippen molar-refractivity contribution in [3.63, 3.8) is 0 Å². The number of carbonyl (C=O) groups excluding carboxylic acids is 1. The van der Waals surface area contributed by atoms with Gasteiger partial charge in [0, 0.05) is 6.54 Å². The molecule has 4 nitrogen and oxygen atoms in total. The third-order valence-electron chi connectivity index (χ3n) is 5.14. The van der Waals surface area contributed by atoms with Crippen LogP contribution >= 0.6 is 0 Å². The smallest absolute Gasteiger partial charge is 0.260 e. The highest BCUT2D eigenvalue weighted by Gasteiger charge is 2.41. The molecule has 2 atom stereocenters. The Balaban J connectivity index is 1.63. The average molecular weight is 355 g/mol. The van der Waals surface area contributed by atoms with Crippen molar-refractivity contribution < 1.29 is 18.7 Å². The van der Waals surface area contributed by atoms with Gasteiger partial charge in [0.15, 0.2) is 0 Å². The Bertz CT molecular complexity index is 791. The quantitative estimate of drug-likeness (QED) is 0.837. The summed E-state index contributed by atoms with van der Waals surface area (Å²) in [4.78, 5) is 14.8. The van der Waals surface area contributed by atoms with E-state index < -0.39 is 5.82 Å². The van der Waals surface area contributed by atoms with Crippen molar-refractivity contribution in [2.45, 2.75) is 25.0 Å². The van der Waals surface area contributed by atoms with Crippen LogP contribution in [0.25, 0.3) is 0 Å². The highest BCUT2D eigenvalue weighted by atomic mass is 19.1. The minimum absolute atomic E-state index is 0.00161. The lowest BCUT2D eigenvalue weighted by Gasteiger charge is -2.38. The summed E-state index contributed by atoms with van der Waals surface area (Å²) in [6.45, 7) is 0.897. The summed E-state index contributed by atoms with van der Waals surface area (Å²) < 4.78 is 25.9. The number of methoxy groups -OCH3 is 1. The highest BCUT2D eigenvalue weighted by Crippen LogP contribution is 2.40. The monoisotopic (exact) mass is 355 g/mol. The van der Waals surface area contributed by atoms with Crippen molar-refractivity contribution in [2.24, 2.45) is 5.92 Å². The van der Waals surface area contributed by atoms with Crippen LogP contribution in [-0.4, -0.2) is 37.1 Å². The van der Waals surface area contributed by atoms with Gasteiger partial charge in [-0.25, -0.2) is 4.39 Å². The van der Waals surface area contributed by atoms with Gasteiger partial charge in [0.2, 0.25) is 0 Å². The zero-order valence-corrected chi connectivity index (χ0v) is 14.7. The van der Waals surface area contributed by atoms with Gasteiger partial charge in [-0.05, 0) is 36.5 Å². The number of rotatable bonds is 4. The van der Waals surface area contributed by atoms with Gasteiger partial charge < -0.3 is 14.4 Å². The number of carbonyl (C=O) groups is 1. The number of ether oxygens (including phenoxy) is 2. The summed E-state index contributed by atoms with van der Waals surface area (Å²) in [5, 5.41) is 0. The first-order chi connectivity index (χ1) is 12.7. The van der Waals surface area contributed by atoms with Crippen LogP contribution in [0.15, 0.2) is 48.5 Å². The molecule has 26 heavy (non-hydrogen) atoms. The number of morpholine rings is 1. The Morgan fingerprint density at radius 2 is 1.88 bits per heavy atom. The highest BCUT2D eigenvalue weighted by molar-refractivity contribution is 5.97. The fourth-order valence-corrected chi connectivity index (χ4v) is 3.57. The third kappa shape index (κ3) is 3.31. The van der Waals surface area contributed by atoms with Crippen molar-refractivity contribution >= 4 is 5.91 Å². The van der Waals surface area contributed by atoms with Crippen LogP contribution in [0.5, 0.6) is 5.75 Å². The molecule has 2 aromatic carbocycles. The molecule has 1 saturated heterocycles. The molecule has 5 heteroatoms. The second-order valence-corrected chi connectivity index (χ2v) is 6.94. The molecule has 136 valence electrons. The van der Waals surface area contributed by atoms with E-state index in [1.807, 2.05) is 30.3 Å². The molecular formula is C21H22FNO3. The standard InChI is InChI=1S/C21H22FNO3/c1-25-17-9-5-8-16(22)20(17)21(24)23-12-18(14-6-3-2-4-7-14)26-19(13-23)15-10-11-15/h2-9,15,18-19H,10-13H2,1H3/t18-,19+/m0/s1. The Morgan fingerprint density at radius 3 is 2.58 bits per heavy atom. The van der Waals surface area contributed by atoms with Crippen molar-refractivity contribution in [3.8, 4) is 5.75 Å². The van der Waals surface area contributed by atoms with Gasteiger partial charge in [-0.2, -0.15) is 0 Å². The van der Waals surface area contributed by atoms with Crippen LogP contribution in [0.4, 0.5) is 4.39 Å². The van der Waals surface area contributed by atoms with Crippen LogP contribution in [0.3, 0.4) is 0 Å². The molecule has 2 aliphatic rings. The van der Waals surface area contributed by atoms with Gasteiger partial charge in [0.1, 0.15) is 23.2 Å². The molecule has 4 rings (SSSR count). The fraction of sp³-hybridized carbons (Fsp3) is 0.381. The largest absolute Gasteiger partial charge is 0.496 e. The molecular weight excluding hydrogens is 333 g/mol. The van der Waals surface area contributed by atoms with E-state index in [0.29, 0.717) is 19.0 Å². The van der Waals surface area contributed by atoms with Crippen molar-refractivity contribution in [1.29, 1.82) is 0 Å². The normalized spacial score (nSPS) is 22.9. The maximum absolute atomic E-state index is 14.4. The average Bonchev–Trinajstić information content (AvgIpc) is 3.53. The molecule has 0 unspecified atom stereocenters. The second-order valence-electron chi connectivity index (χ2n) is 6.94. The van der Waals surface area contributed by atoms with Gasteiger partial charge in [-0.15, -0.1) is 0 Å². The number of hydrogen-bond donors (Lipinski definition) is 0. The molecule has 1 aliphatic heterocycles. The molecule has 0 bridgehead atoms. The summed E-state index contributed by atoms with van der Waals surface area (Å²) in [7, 11) is 1.45. The van der Waals surface area contributed by atoms with Crippen LogP contribution in [0.1, 0.15) is 34.9 Å². The number of amides is 1. The van der Waals surface area contributed by atoms with E-state index in [1.54, 1.807) is 17.0 Å². The van der Waals surface area contributed by atoms with Gasteiger partial charge in [-0.1, -0.05) is 36.4 Å². The predicted molar refractivity (Wildman–Crippen MR) is 95.6 cm³/mol. The maximum Gasteiger partial charge on any atom is 0.260 e. The number of nitrogens with zero attached hydrogens (tertiary/aromatic N) is 1. The van der Waals surface area contributed by atoms with E-state index in [1.165, 1.54) is 13.2 Å². The van der Waals surface area contributed by atoms with E-state index in [0.717, 1.165) is 18.4 Å². The summed E-state index contributed by atoms with van der Waals surface area (Å²) in [5.41, 5.74) is 1.04. The van der Waals surface area contributed by atoms with Gasteiger partial charge in [0.25, 0.3) is 5.91 Å². The molecule has 1 saturated carbocycles. The number of halogens is 1. The molecule has 0 aromatic heterocycles. The summed E-state index contributed by atoms with van der Waals surface area (Å²) in [6.07, 6.45) is 2.04.